The standard InChI is InChI=1S/C29H36N8O2/c1-20-4-2-15-37(20)19-27-32-24-11-10-23(18-25(24)33-27)31-28(38)21-6-8-22(9-7-21)29-34-26(35-39-29)5-3-14-36-16-12-30-13-17-36/h6-11,18,20,30H,2-5,12-17,19H2,1H3,(H,31,38)(H,32,33)/t20-/m0/s1. The Morgan fingerprint density at radius 2 is 1.95 bits per heavy atom. The van der Waals surface area contributed by atoms with E-state index in [9.17, 15) is 4.79 Å². The maximum atomic E-state index is 12.9. The van der Waals surface area contributed by atoms with Crippen LogP contribution in [0, 0.1) is 0 Å². The van der Waals surface area contributed by atoms with Crippen molar-refractivity contribution in [1.29, 1.82) is 0 Å². The van der Waals surface area contributed by atoms with Gasteiger partial charge < -0.3 is 25.0 Å². The molecule has 0 bridgehead atoms. The molecule has 4 heterocycles. The number of hydrogen-bond acceptors (Lipinski definition) is 8. The van der Waals surface area contributed by atoms with Crippen molar-refractivity contribution in [3.05, 3.63) is 59.7 Å². The molecule has 3 N–H and O–H groups in total. The molecule has 204 valence electrons. The van der Waals surface area contributed by atoms with Crippen LogP contribution in [-0.2, 0) is 13.0 Å². The Labute approximate surface area is 228 Å². The average molecular weight is 529 g/mol. The average Bonchev–Trinajstić information content (AvgIpc) is 3.69. The first-order chi connectivity index (χ1) is 19.1. The molecular weight excluding hydrogens is 492 g/mol. The minimum Gasteiger partial charge on any atom is -0.341 e. The molecule has 0 radical (unpaired) electrons. The van der Waals surface area contributed by atoms with Gasteiger partial charge in [-0.1, -0.05) is 5.16 Å². The zero-order chi connectivity index (χ0) is 26.6. The number of aromatic amines is 1. The molecule has 2 fully saturated rings. The van der Waals surface area contributed by atoms with Gasteiger partial charge in [-0.05, 0) is 81.7 Å². The van der Waals surface area contributed by atoms with Crippen molar-refractivity contribution in [2.24, 2.45) is 0 Å². The highest BCUT2D eigenvalue weighted by molar-refractivity contribution is 6.05. The first-order valence-corrected chi connectivity index (χ1v) is 14.0. The second-order valence-electron chi connectivity index (χ2n) is 10.6. The summed E-state index contributed by atoms with van der Waals surface area (Å²) in [7, 11) is 0. The van der Waals surface area contributed by atoms with Crippen LogP contribution in [0.2, 0.25) is 0 Å². The lowest BCUT2D eigenvalue weighted by atomic mass is 10.1. The number of anilines is 1. The lowest BCUT2D eigenvalue weighted by Crippen LogP contribution is -2.43. The molecular formula is C29H36N8O2. The molecule has 4 aromatic rings. The summed E-state index contributed by atoms with van der Waals surface area (Å²) in [4.78, 5) is 30.5. The van der Waals surface area contributed by atoms with Gasteiger partial charge in [0.05, 0.1) is 17.6 Å². The van der Waals surface area contributed by atoms with Crippen molar-refractivity contribution >= 4 is 22.6 Å². The van der Waals surface area contributed by atoms with Crippen molar-refractivity contribution in [1.82, 2.24) is 35.2 Å². The molecule has 0 aliphatic carbocycles. The van der Waals surface area contributed by atoms with E-state index < -0.39 is 0 Å². The van der Waals surface area contributed by atoms with Crippen LogP contribution >= 0.6 is 0 Å². The lowest BCUT2D eigenvalue weighted by Gasteiger charge is -2.26. The largest absolute Gasteiger partial charge is 0.341 e. The highest BCUT2D eigenvalue weighted by Gasteiger charge is 2.21. The highest BCUT2D eigenvalue weighted by atomic mass is 16.5. The Morgan fingerprint density at radius 3 is 2.74 bits per heavy atom. The number of aryl methyl sites for hydroxylation is 1. The predicted octanol–water partition coefficient (Wildman–Crippen LogP) is 3.69. The van der Waals surface area contributed by atoms with E-state index in [0.717, 1.165) is 86.8 Å². The van der Waals surface area contributed by atoms with Gasteiger partial charge in [-0.25, -0.2) is 4.98 Å². The topological polar surface area (TPSA) is 115 Å². The maximum absolute atomic E-state index is 12.9. The van der Waals surface area contributed by atoms with E-state index in [4.69, 9.17) is 9.51 Å². The van der Waals surface area contributed by atoms with Crippen molar-refractivity contribution in [3.8, 4) is 11.5 Å². The third kappa shape index (κ3) is 6.19. The van der Waals surface area contributed by atoms with E-state index in [2.05, 4.69) is 42.5 Å². The van der Waals surface area contributed by atoms with Crippen LogP contribution in [0.25, 0.3) is 22.5 Å². The summed E-state index contributed by atoms with van der Waals surface area (Å²) in [6.45, 7) is 9.54. The molecule has 2 aromatic carbocycles. The van der Waals surface area contributed by atoms with Gasteiger partial charge in [-0.2, -0.15) is 4.98 Å². The predicted molar refractivity (Wildman–Crippen MR) is 151 cm³/mol. The number of H-pyrrole nitrogens is 1. The fourth-order valence-corrected chi connectivity index (χ4v) is 5.47. The smallest absolute Gasteiger partial charge is 0.257 e. The molecule has 10 heteroatoms. The normalized spacial score (nSPS) is 18.6. The second kappa shape index (κ2) is 11.6. The number of nitrogens with one attached hydrogen (secondary N) is 3. The quantitative estimate of drug-likeness (QED) is 0.301. The van der Waals surface area contributed by atoms with Crippen LogP contribution in [-0.4, -0.2) is 81.1 Å². The zero-order valence-corrected chi connectivity index (χ0v) is 22.4. The van der Waals surface area contributed by atoms with Crippen LogP contribution < -0.4 is 10.6 Å². The summed E-state index contributed by atoms with van der Waals surface area (Å²) in [5, 5.41) is 10.5. The monoisotopic (exact) mass is 528 g/mol. The van der Waals surface area contributed by atoms with Gasteiger partial charge in [-0.3, -0.25) is 9.69 Å². The van der Waals surface area contributed by atoms with E-state index >= 15 is 0 Å². The molecule has 0 saturated carbocycles. The SMILES string of the molecule is C[C@H]1CCCN1Cc1nc2ccc(NC(=O)c3ccc(-c4nc(CCCN5CCNCC5)no4)cc3)cc2[nH]1. The van der Waals surface area contributed by atoms with E-state index in [1.165, 1.54) is 12.8 Å². The Morgan fingerprint density at radius 1 is 1.10 bits per heavy atom. The highest BCUT2D eigenvalue weighted by Crippen LogP contribution is 2.23. The number of hydrogen-bond donors (Lipinski definition) is 3. The number of carbonyl (C=O) groups is 1. The summed E-state index contributed by atoms with van der Waals surface area (Å²) in [5.41, 5.74) is 3.91. The molecule has 6 rings (SSSR count). The molecule has 39 heavy (non-hydrogen) atoms. The minimum absolute atomic E-state index is 0.175. The number of benzene rings is 2. The third-order valence-electron chi connectivity index (χ3n) is 7.78. The Bertz CT molecular complexity index is 1410. The van der Waals surface area contributed by atoms with Gasteiger partial charge in [0, 0.05) is 55.5 Å². The first kappa shape index (κ1) is 25.7. The van der Waals surface area contributed by atoms with Crippen LogP contribution in [0.15, 0.2) is 47.0 Å². The van der Waals surface area contributed by atoms with Gasteiger partial charge in [0.25, 0.3) is 11.8 Å². The Balaban J connectivity index is 1.04. The van der Waals surface area contributed by atoms with Gasteiger partial charge in [-0.15, -0.1) is 0 Å². The van der Waals surface area contributed by atoms with Crippen molar-refractivity contribution in [3.63, 3.8) is 0 Å². The number of likely N-dealkylation sites (tertiary alicyclic amines) is 1. The number of carbonyl (C=O) groups excluding carboxylic acids is 1. The summed E-state index contributed by atoms with van der Waals surface area (Å²) in [5.74, 6) is 1.98. The number of piperazine rings is 1. The number of imidazole rings is 1. The van der Waals surface area contributed by atoms with Crippen molar-refractivity contribution in [2.45, 2.75) is 45.2 Å². The van der Waals surface area contributed by atoms with Gasteiger partial charge >= 0.3 is 0 Å². The summed E-state index contributed by atoms with van der Waals surface area (Å²) >= 11 is 0. The molecule has 2 aliphatic heterocycles. The lowest BCUT2D eigenvalue weighted by molar-refractivity contribution is 0.102. The molecule has 2 aromatic heterocycles. The number of nitrogens with zero attached hydrogens (tertiary/aromatic N) is 5. The number of aromatic nitrogens is 4. The van der Waals surface area contributed by atoms with Gasteiger partial charge in [0.15, 0.2) is 5.82 Å². The van der Waals surface area contributed by atoms with Crippen LogP contribution in [0.4, 0.5) is 5.69 Å². The molecule has 0 unspecified atom stereocenters. The van der Waals surface area contributed by atoms with Crippen LogP contribution in [0.1, 0.15) is 48.2 Å². The summed E-state index contributed by atoms with van der Waals surface area (Å²) in [6, 6.07) is 13.6. The number of rotatable bonds is 9. The van der Waals surface area contributed by atoms with E-state index in [0.29, 0.717) is 23.3 Å². The zero-order valence-electron chi connectivity index (χ0n) is 22.4. The van der Waals surface area contributed by atoms with E-state index in [1.807, 2.05) is 30.3 Å². The third-order valence-corrected chi connectivity index (χ3v) is 7.78. The van der Waals surface area contributed by atoms with Crippen LogP contribution in [0.3, 0.4) is 0 Å². The minimum atomic E-state index is -0.175. The second-order valence-corrected chi connectivity index (χ2v) is 10.6. The molecule has 1 atom stereocenters. The van der Waals surface area contributed by atoms with Crippen molar-refractivity contribution in [2.75, 3.05) is 44.6 Å². The summed E-state index contributed by atoms with van der Waals surface area (Å²) < 4.78 is 5.48. The van der Waals surface area contributed by atoms with Gasteiger partial charge in [0.1, 0.15) is 5.82 Å². The maximum Gasteiger partial charge on any atom is 0.257 e. The summed E-state index contributed by atoms with van der Waals surface area (Å²) in [6.07, 6.45) is 4.27. The van der Waals surface area contributed by atoms with E-state index in [-0.39, 0.29) is 5.91 Å². The molecule has 1 amide bonds. The van der Waals surface area contributed by atoms with Crippen LogP contribution in [0.5, 0.6) is 0 Å². The first-order valence-electron chi connectivity index (χ1n) is 14.0. The Kier molecular flexibility index (Phi) is 7.67. The van der Waals surface area contributed by atoms with E-state index in [1.54, 1.807) is 12.1 Å². The number of amides is 1. The molecule has 2 saturated heterocycles. The number of fused-ring (bicyclic) bond motifs is 1. The fourth-order valence-electron chi connectivity index (χ4n) is 5.47. The Hall–Kier alpha value is -3.60. The fraction of sp³-hybridized carbons (Fsp3) is 0.448. The molecule has 10 nitrogen and oxygen atoms in total. The van der Waals surface area contributed by atoms with Gasteiger partial charge in [0.2, 0.25) is 0 Å². The molecule has 0 spiro atoms. The van der Waals surface area contributed by atoms with Crippen molar-refractivity contribution < 1.29 is 9.32 Å². The molecule has 2 aliphatic rings.